The summed E-state index contributed by atoms with van der Waals surface area (Å²) in [5.41, 5.74) is 1.25. The molecule has 6 nitrogen and oxygen atoms in total. The summed E-state index contributed by atoms with van der Waals surface area (Å²) in [6, 6.07) is 6.99. The van der Waals surface area contributed by atoms with Crippen LogP contribution in [0, 0.1) is 0 Å². The topological polar surface area (TPSA) is 79.5 Å². The molecule has 0 aromatic heterocycles. The highest BCUT2D eigenvalue weighted by Crippen LogP contribution is 2.09. The normalized spacial score (nSPS) is 11.8. The molecule has 6 heteroatoms. The molecule has 1 rings (SSSR count). The van der Waals surface area contributed by atoms with Crippen molar-refractivity contribution in [3.8, 4) is 0 Å². The number of anilines is 1. The third-order valence-corrected chi connectivity index (χ3v) is 3.19. The van der Waals surface area contributed by atoms with Gasteiger partial charge in [0.15, 0.2) is 0 Å². The number of benzene rings is 1. The highest BCUT2D eigenvalue weighted by Gasteiger charge is 2.08. The first kappa shape index (κ1) is 18.1. The average Bonchev–Trinajstić information content (AvgIpc) is 2.52. The Hall–Kier alpha value is -1.92. The molecular formula is C16H25N3O3. The largest absolute Gasteiger partial charge is 0.383 e. The van der Waals surface area contributed by atoms with E-state index in [1.54, 1.807) is 31.4 Å². The molecule has 1 aromatic rings. The molecule has 0 aliphatic carbocycles. The van der Waals surface area contributed by atoms with Crippen molar-refractivity contribution in [3.05, 3.63) is 29.8 Å². The maximum Gasteiger partial charge on any atom is 0.251 e. The minimum absolute atomic E-state index is 0.103. The maximum absolute atomic E-state index is 11.9. The molecule has 0 bridgehead atoms. The van der Waals surface area contributed by atoms with E-state index >= 15 is 0 Å². The van der Waals surface area contributed by atoms with Crippen LogP contribution in [0.2, 0.25) is 0 Å². The zero-order valence-corrected chi connectivity index (χ0v) is 13.4. The van der Waals surface area contributed by atoms with Crippen molar-refractivity contribution in [2.24, 2.45) is 0 Å². The van der Waals surface area contributed by atoms with Crippen LogP contribution >= 0.6 is 0 Å². The molecule has 3 N–H and O–H groups in total. The van der Waals surface area contributed by atoms with Gasteiger partial charge in [0.25, 0.3) is 5.91 Å². The number of hydrogen-bond donors (Lipinski definition) is 3. The summed E-state index contributed by atoms with van der Waals surface area (Å²) in [5, 5.41) is 8.62. The molecule has 1 unspecified atom stereocenters. The standard InChI is InChI=1S/C16H25N3O3/c1-4-12(2)18-16(21)13-5-7-14(8-6-13)19-15(20)11-17-9-10-22-3/h5-8,12,17H,4,9-11H2,1-3H3,(H,18,21)(H,19,20). The molecule has 1 atom stereocenters. The van der Waals surface area contributed by atoms with Gasteiger partial charge in [0.2, 0.25) is 5.91 Å². The van der Waals surface area contributed by atoms with E-state index in [9.17, 15) is 9.59 Å². The van der Waals surface area contributed by atoms with Gasteiger partial charge in [-0.15, -0.1) is 0 Å². The first-order valence-electron chi connectivity index (χ1n) is 7.47. The Kier molecular flexibility index (Phi) is 8.17. The fourth-order valence-corrected chi connectivity index (χ4v) is 1.70. The van der Waals surface area contributed by atoms with Gasteiger partial charge in [-0.05, 0) is 37.6 Å². The van der Waals surface area contributed by atoms with Gasteiger partial charge in [-0.1, -0.05) is 6.92 Å². The van der Waals surface area contributed by atoms with Crippen LogP contribution in [0.4, 0.5) is 5.69 Å². The lowest BCUT2D eigenvalue weighted by molar-refractivity contribution is -0.115. The Labute approximate surface area is 131 Å². The average molecular weight is 307 g/mol. The van der Waals surface area contributed by atoms with Crippen molar-refractivity contribution >= 4 is 17.5 Å². The SMILES string of the molecule is CCC(C)NC(=O)c1ccc(NC(=O)CNCCOC)cc1. The van der Waals surface area contributed by atoms with E-state index in [1.807, 2.05) is 13.8 Å². The van der Waals surface area contributed by atoms with Crippen molar-refractivity contribution < 1.29 is 14.3 Å². The van der Waals surface area contributed by atoms with E-state index in [-0.39, 0.29) is 24.4 Å². The highest BCUT2D eigenvalue weighted by molar-refractivity contribution is 5.96. The van der Waals surface area contributed by atoms with E-state index in [0.29, 0.717) is 24.4 Å². The van der Waals surface area contributed by atoms with Crippen molar-refractivity contribution in [3.63, 3.8) is 0 Å². The van der Waals surface area contributed by atoms with Gasteiger partial charge in [0.05, 0.1) is 13.2 Å². The lowest BCUT2D eigenvalue weighted by Gasteiger charge is -2.12. The van der Waals surface area contributed by atoms with Crippen LogP contribution in [0.1, 0.15) is 30.6 Å². The molecule has 0 fully saturated rings. The van der Waals surface area contributed by atoms with Crippen LogP contribution in [0.25, 0.3) is 0 Å². The minimum Gasteiger partial charge on any atom is -0.383 e. The van der Waals surface area contributed by atoms with Crippen LogP contribution in [-0.2, 0) is 9.53 Å². The predicted octanol–water partition coefficient (Wildman–Crippen LogP) is 1.39. The third kappa shape index (κ3) is 6.69. The zero-order chi connectivity index (χ0) is 16.4. The monoisotopic (exact) mass is 307 g/mol. The number of amides is 2. The van der Waals surface area contributed by atoms with Crippen LogP contribution < -0.4 is 16.0 Å². The molecule has 2 amide bonds. The maximum atomic E-state index is 11.9. The Bertz CT molecular complexity index is 474. The molecule has 1 aromatic carbocycles. The van der Waals surface area contributed by atoms with Crippen molar-refractivity contribution in [1.29, 1.82) is 0 Å². The molecule has 122 valence electrons. The first-order chi connectivity index (χ1) is 10.6. The minimum atomic E-state index is -0.132. The molecule has 22 heavy (non-hydrogen) atoms. The van der Waals surface area contributed by atoms with Crippen molar-refractivity contribution in [2.45, 2.75) is 26.3 Å². The Morgan fingerprint density at radius 1 is 1.23 bits per heavy atom. The van der Waals surface area contributed by atoms with E-state index in [4.69, 9.17) is 4.74 Å². The molecule has 0 spiro atoms. The summed E-state index contributed by atoms with van der Waals surface area (Å²) in [7, 11) is 1.61. The van der Waals surface area contributed by atoms with E-state index in [0.717, 1.165) is 6.42 Å². The molecule has 0 saturated carbocycles. The van der Waals surface area contributed by atoms with E-state index in [1.165, 1.54) is 0 Å². The fourth-order valence-electron chi connectivity index (χ4n) is 1.70. The molecular weight excluding hydrogens is 282 g/mol. The summed E-state index contributed by atoms with van der Waals surface area (Å²) in [4.78, 5) is 23.6. The number of carbonyl (C=O) groups is 2. The predicted molar refractivity (Wildman–Crippen MR) is 87.0 cm³/mol. The number of hydrogen-bond acceptors (Lipinski definition) is 4. The number of ether oxygens (including phenoxy) is 1. The summed E-state index contributed by atoms with van der Waals surface area (Å²) in [6.07, 6.45) is 0.885. The van der Waals surface area contributed by atoms with Gasteiger partial charge >= 0.3 is 0 Å². The Balaban J connectivity index is 2.44. The molecule has 0 radical (unpaired) electrons. The van der Waals surface area contributed by atoms with Gasteiger partial charge in [-0.3, -0.25) is 9.59 Å². The van der Waals surface area contributed by atoms with Crippen molar-refractivity contribution in [1.82, 2.24) is 10.6 Å². The van der Waals surface area contributed by atoms with Crippen LogP contribution in [0.5, 0.6) is 0 Å². The summed E-state index contributed by atoms with van der Waals surface area (Å²) >= 11 is 0. The highest BCUT2D eigenvalue weighted by atomic mass is 16.5. The van der Waals surface area contributed by atoms with Gasteiger partial charge < -0.3 is 20.7 Å². The summed E-state index contributed by atoms with van der Waals surface area (Å²) < 4.78 is 4.88. The Morgan fingerprint density at radius 3 is 2.50 bits per heavy atom. The number of nitrogens with one attached hydrogen (secondary N) is 3. The lowest BCUT2D eigenvalue weighted by Crippen LogP contribution is -2.32. The van der Waals surface area contributed by atoms with Gasteiger partial charge in [0.1, 0.15) is 0 Å². The van der Waals surface area contributed by atoms with Crippen LogP contribution in [0.15, 0.2) is 24.3 Å². The second kappa shape index (κ2) is 9.92. The van der Waals surface area contributed by atoms with E-state index < -0.39 is 0 Å². The fraction of sp³-hybridized carbons (Fsp3) is 0.500. The lowest BCUT2D eigenvalue weighted by atomic mass is 10.1. The second-order valence-corrected chi connectivity index (χ2v) is 5.08. The smallest absolute Gasteiger partial charge is 0.251 e. The van der Waals surface area contributed by atoms with Crippen molar-refractivity contribution in [2.75, 3.05) is 32.1 Å². The number of carbonyl (C=O) groups excluding carboxylic acids is 2. The van der Waals surface area contributed by atoms with Gasteiger partial charge in [0, 0.05) is 30.9 Å². The third-order valence-electron chi connectivity index (χ3n) is 3.19. The summed E-state index contributed by atoms with van der Waals surface area (Å²) in [5.74, 6) is -0.235. The molecule has 0 saturated heterocycles. The summed E-state index contributed by atoms with van der Waals surface area (Å²) in [6.45, 7) is 5.39. The van der Waals surface area contributed by atoms with E-state index in [2.05, 4.69) is 16.0 Å². The zero-order valence-electron chi connectivity index (χ0n) is 13.4. The van der Waals surface area contributed by atoms with Crippen LogP contribution in [-0.4, -0.2) is 44.7 Å². The second-order valence-electron chi connectivity index (χ2n) is 5.08. The molecule has 0 aliphatic heterocycles. The number of methoxy groups -OCH3 is 1. The van der Waals surface area contributed by atoms with Gasteiger partial charge in [-0.2, -0.15) is 0 Å². The molecule has 0 aliphatic rings. The number of rotatable bonds is 9. The first-order valence-corrected chi connectivity index (χ1v) is 7.47. The van der Waals surface area contributed by atoms with Crippen LogP contribution in [0.3, 0.4) is 0 Å². The molecule has 0 heterocycles. The van der Waals surface area contributed by atoms with Gasteiger partial charge in [-0.25, -0.2) is 0 Å². The quantitative estimate of drug-likeness (QED) is 0.602. The Morgan fingerprint density at radius 2 is 1.91 bits per heavy atom.